The smallest absolute Gasteiger partial charge is 0.212 e. The molecule has 0 heterocycles. The third-order valence-electron chi connectivity index (χ3n) is 4.18. The zero-order valence-electron chi connectivity index (χ0n) is 9.32. The lowest BCUT2D eigenvalue weighted by Gasteiger charge is -2.35. The molecule has 0 spiro atoms. The van der Waals surface area contributed by atoms with Crippen molar-refractivity contribution in [1.29, 1.82) is 5.26 Å². The topological polar surface area (TPSA) is 57.9 Å². The molecule has 3 nitrogen and oxygen atoms in total. The van der Waals surface area contributed by atoms with Crippen molar-refractivity contribution < 1.29 is 8.42 Å². The van der Waals surface area contributed by atoms with E-state index in [1.165, 1.54) is 0 Å². The Hall–Kier alpha value is -0.270. The summed E-state index contributed by atoms with van der Waals surface area (Å²) < 4.78 is 22.5. The molecular formula is C11H16ClNO2S. The summed E-state index contributed by atoms with van der Waals surface area (Å²) in [7, 11) is 2.02. The highest BCUT2D eigenvalue weighted by Gasteiger charge is 2.61. The first-order valence-corrected chi connectivity index (χ1v) is 8.05. The number of rotatable bonds is 2. The molecule has 3 atom stereocenters. The molecule has 90 valence electrons. The molecular weight excluding hydrogens is 246 g/mol. The van der Waals surface area contributed by atoms with Crippen molar-refractivity contribution in [1.82, 2.24) is 0 Å². The molecule has 0 aromatic carbocycles. The molecule has 0 radical (unpaired) electrons. The van der Waals surface area contributed by atoms with E-state index in [1.807, 2.05) is 0 Å². The standard InChI is InChI=1S/C11H16ClNO2S/c1-8-2-3-9(7-13)10(6-8)11(4-5-11)16(12,14)15/h8-10H,2-6H2,1H3. The molecule has 0 aromatic rings. The average Bonchev–Trinajstić information content (AvgIpc) is 2.97. The number of hydrogen-bond donors (Lipinski definition) is 0. The summed E-state index contributed by atoms with van der Waals surface area (Å²) in [6, 6.07) is 2.27. The Morgan fingerprint density at radius 2 is 2.00 bits per heavy atom. The SMILES string of the molecule is CC1CCC(C#N)C(C2(S(=O)(=O)Cl)CC2)C1. The maximum absolute atomic E-state index is 11.6. The molecule has 0 bridgehead atoms. The van der Waals surface area contributed by atoms with Crippen molar-refractivity contribution in [2.75, 3.05) is 0 Å². The van der Waals surface area contributed by atoms with Crippen LogP contribution in [0.25, 0.3) is 0 Å². The van der Waals surface area contributed by atoms with Crippen LogP contribution in [-0.4, -0.2) is 13.2 Å². The minimum Gasteiger partial charge on any atom is -0.212 e. The van der Waals surface area contributed by atoms with Crippen LogP contribution >= 0.6 is 10.7 Å². The van der Waals surface area contributed by atoms with E-state index in [2.05, 4.69) is 13.0 Å². The second kappa shape index (κ2) is 3.89. The Bertz CT molecular complexity index is 422. The van der Waals surface area contributed by atoms with Crippen LogP contribution in [0.5, 0.6) is 0 Å². The van der Waals surface area contributed by atoms with Crippen LogP contribution in [0, 0.1) is 29.1 Å². The van der Waals surface area contributed by atoms with E-state index in [4.69, 9.17) is 15.9 Å². The predicted molar refractivity (Wildman–Crippen MR) is 62.3 cm³/mol. The molecule has 5 heteroatoms. The second-order valence-corrected chi connectivity index (χ2v) is 8.17. The van der Waals surface area contributed by atoms with Crippen molar-refractivity contribution >= 4 is 19.7 Å². The molecule has 3 unspecified atom stereocenters. The zero-order chi connectivity index (χ0) is 12.0. The van der Waals surface area contributed by atoms with E-state index >= 15 is 0 Å². The minimum absolute atomic E-state index is 0.0521. The summed E-state index contributed by atoms with van der Waals surface area (Å²) in [5.74, 6) is 0.321. The lowest BCUT2D eigenvalue weighted by atomic mass is 9.73. The van der Waals surface area contributed by atoms with Crippen LogP contribution in [0.15, 0.2) is 0 Å². The van der Waals surface area contributed by atoms with E-state index in [9.17, 15) is 8.42 Å². The fourth-order valence-corrected chi connectivity index (χ4v) is 5.05. The lowest BCUT2D eigenvalue weighted by molar-refractivity contribution is 0.215. The van der Waals surface area contributed by atoms with Gasteiger partial charge in [0, 0.05) is 10.7 Å². The summed E-state index contributed by atoms with van der Waals surface area (Å²) in [6.45, 7) is 2.12. The summed E-state index contributed by atoms with van der Waals surface area (Å²) in [5.41, 5.74) is 0. The summed E-state index contributed by atoms with van der Waals surface area (Å²) in [4.78, 5) is 0. The molecule has 2 fully saturated rings. The van der Waals surface area contributed by atoms with Gasteiger partial charge in [-0.1, -0.05) is 6.92 Å². The molecule has 2 aliphatic rings. The zero-order valence-corrected chi connectivity index (χ0v) is 10.9. The van der Waals surface area contributed by atoms with Crippen LogP contribution < -0.4 is 0 Å². The average molecular weight is 262 g/mol. The quantitative estimate of drug-likeness (QED) is 0.718. The monoisotopic (exact) mass is 261 g/mol. The Morgan fingerprint density at radius 1 is 1.38 bits per heavy atom. The normalized spacial score (nSPS) is 37.7. The van der Waals surface area contributed by atoms with E-state index in [0.717, 1.165) is 19.3 Å². The van der Waals surface area contributed by atoms with Crippen LogP contribution in [0.1, 0.15) is 39.0 Å². The predicted octanol–water partition coefficient (Wildman–Crippen LogP) is 2.66. The summed E-state index contributed by atoms with van der Waals surface area (Å²) in [6.07, 6.45) is 3.93. The Kier molecular flexibility index (Phi) is 2.96. The Balaban J connectivity index is 2.28. The first-order valence-electron chi connectivity index (χ1n) is 5.74. The van der Waals surface area contributed by atoms with Gasteiger partial charge >= 0.3 is 0 Å². The van der Waals surface area contributed by atoms with Gasteiger partial charge in [-0.2, -0.15) is 5.26 Å². The van der Waals surface area contributed by atoms with Gasteiger partial charge < -0.3 is 0 Å². The van der Waals surface area contributed by atoms with E-state index < -0.39 is 13.8 Å². The number of nitrogens with zero attached hydrogens (tertiary/aromatic N) is 1. The van der Waals surface area contributed by atoms with Crippen LogP contribution in [0.2, 0.25) is 0 Å². The van der Waals surface area contributed by atoms with Gasteiger partial charge in [-0.25, -0.2) is 8.42 Å². The lowest BCUT2D eigenvalue weighted by Crippen LogP contribution is -2.37. The molecule has 0 saturated heterocycles. The molecule has 2 saturated carbocycles. The molecule has 0 N–H and O–H groups in total. The molecule has 16 heavy (non-hydrogen) atoms. The van der Waals surface area contributed by atoms with Gasteiger partial charge in [0.05, 0.1) is 16.7 Å². The first-order chi connectivity index (χ1) is 7.40. The molecule has 2 aliphatic carbocycles. The maximum Gasteiger partial charge on any atom is 0.238 e. The largest absolute Gasteiger partial charge is 0.238 e. The highest BCUT2D eigenvalue weighted by Crippen LogP contribution is 2.57. The molecule has 0 aromatic heterocycles. The third-order valence-corrected chi connectivity index (χ3v) is 6.79. The van der Waals surface area contributed by atoms with Crippen molar-refractivity contribution in [2.45, 2.75) is 43.8 Å². The highest BCUT2D eigenvalue weighted by atomic mass is 35.7. The van der Waals surface area contributed by atoms with Gasteiger partial charge in [0.2, 0.25) is 9.05 Å². The van der Waals surface area contributed by atoms with Gasteiger partial charge in [0.25, 0.3) is 0 Å². The molecule has 0 aliphatic heterocycles. The fraction of sp³-hybridized carbons (Fsp3) is 0.909. The van der Waals surface area contributed by atoms with Gasteiger partial charge in [0.1, 0.15) is 0 Å². The van der Waals surface area contributed by atoms with Gasteiger partial charge in [0.15, 0.2) is 0 Å². The Morgan fingerprint density at radius 3 is 2.44 bits per heavy atom. The van der Waals surface area contributed by atoms with Crippen LogP contribution in [0.4, 0.5) is 0 Å². The third kappa shape index (κ3) is 1.84. The van der Waals surface area contributed by atoms with Crippen molar-refractivity contribution in [2.24, 2.45) is 17.8 Å². The van der Waals surface area contributed by atoms with Gasteiger partial charge in [-0.15, -0.1) is 0 Å². The van der Waals surface area contributed by atoms with Crippen LogP contribution in [0.3, 0.4) is 0 Å². The number of hydrogen-bond acceptors (Lipinski definition) is 3. The summed E-state index contributed by atoms with van der Waals surface area (Å²) in [5, 5.41) is 9.12. The van der Waals surface area contributed by atoms with E-state index in [-0.39, 0.29) is 11.8 Å². The fourth-order valence-electron chi connectivity index (χ4n) is 3.04. The maximum atomic E-state index is 11.6. The minimum atomic E-state index is -3.54. The summed E-state index contributed by atoms with van der Waals surface area (Å²) >= 11 is 0. The second-order valence-electron chi connectivity index (χ2n) is 5.26. The van der Waals surface area contributed by atoms with Crippen LogP contribution in [-0.2, 0) is 9.05 Å². The van der Waals surface area contributed by atoms with E-state index in [1.54, 1.807) is 0 Å². The van der Waals surface area contributed by atoms with Crippen molar-refractivity contribution in [3.05, 3.63) is 0 Å². The van der Waals surface area contributed by atoms with Gasteiger partial charge in [-0.05, 0) is 43.9 Å². The number of nitriles is 1. The highest BCUT2D eigenvalue weighted by molar-refractivity contribution is 8.15. The van der Waals surface area contributed by atoms with E-state index in [0.29, 0.717) is 18.8 Å². The van der Waals surface area contributed by atoms with Crippen molar-refractivity contribution in [3.8, 4) is 6.07 Å². The number of halogens is 1. The molecule has 0 amide bonds. The molecule has 2 rings (SSSR count). The first kappa shape index (κ1) is 12.2. The van der Waals surface area contributed by atoms with Gasteiger partial charge in [-0.3, -0.25) is 0 Å². The Labute approximate surface area is 101 Å². The van der Waals surface area contributed by atoms with Crippen molar-refractivity contribution in [3.63, 3.8) is 0 Å².